The Morgan fingerprint density at radius 1 is 1.13 bits per heavy atom. The zero-order chi connectivity index (χ0) is 28.0. The van der Waals surface area contributed by atoms with Gasteiger partial charge in [0.25, 0.3) is 0 Å². The van der Waals surface area contributed by atoms with Gasteiger partial charge in [0.15, 0.2) is 23.2 Å². The Hall–Kier alpha value is -2.82. The molecule has 2 N–H and O–H groups in total. The number of fused-ring (bicyclic) bond motifs is 3. The minimum absolute atomic E-state index is 0.0686. The molecule has 3 aliphatic heterocycles. The maximum Gasteiger partial charge on any atom is 0.339 e. The average Bonchev–Trinajstić information content (AvgIpc) is 3.56. The Morgan fingerprint density at radius 2 is 1.87 bits per heavy atom. The number of rotatable bonds is 9. The Morgan fingerprint density at radius 3 is 2.56 bits per heavy atom. The molecule has 1 aliphatic carbocycles. The summed E-state index contributed by atoms with van der Waals surface area (Å²) in [5, 5.41) is 21.6. The van der Waals surface area contributed by atoms with E-state index in [4.69, 9.17) is 23.7 Å². The van der Waals surface area contributed by atoms with E-state index in [1.165, 1.54) is 7.11 Å². The molecule has 1 fully saturated rings. The van der Waals surface area contributed by atoms with Gasteiger partial charge in [0, 0.05) is 6.54 Å². The van der Waals surface area contributed by atoms with Gasteiger partial charge in [-0.2, -0.15) is 0 Å². The molecule has 214 valence electrons. The summed E-state index contributed by atoms with van der Waals surface area (Å²) in [5.41, 5.74) is -1.42. The molecule has 0 bridgehead atoms. The fourth-order valence-electron chi connectivity index (χ4n) is 6.71. The summed E-state index contributed by atoms with van der Waals surface area (Å²) in [7, 11) is 2.76. The first-order valence-corrected chi connectivity index (χ1v) is 13.7. The molecule has 3 heterocycles. The minimum atomic E-state index is -2.12. The van der Waals surface area contributed by atoms with Gasteiger partial charge in [-0.15, -0.1) is 0 Å². The molecule has 0 aromatic heterocycles. The van der Waals surface area contributed by atoms with Crippen LogP contribution in [0.1, 0.15) is 69.4 Å². The van der Waals surface area contributed by atoms with E-state index in [9.17, 15) is 19.8 Å². The van der Waals surface area contributed by atoms with Crippen molar-refractivity contribution < 1.29 is 43.5 Å². The van der Waals surface area contributed by atoms with Crippen LogP contribution in [0.4, 0.5) is 0 Å². The van der Waals surface area contributed by atoms with Crippen molar-refractivity contribution in [3.8, 4) is 11.5 Å². The van der Waals surface area contributed by atoms with E-state index in [1.54, 1.807) is 21.0 Å². The zero-order valence-electron chi connectivity index (χ0n) is 23.2. The third kappa shape index (κ3) is 5.10. The number of esters is 2. The lowest BCUT2D eigenvalue weighted by atomic mass is 9.77. The quantitative estimate of drug-likeness (QED) is 0.448. The highest BCUT2D eigenvalue weighted by atomic mass is 16.7. The second-order valence-corrected chi connectivity index (χ2v) is 11.7. The lowest BCUT2D eigenvalue weighted by Gasteiger charge is -2.39. The summed E-state index contributed by atoms with van der Waals surface area (Å²) < 4.78 is 28.1. The summed E-state index contributed by atoms with van der Waals surface area (Å²) in [5.74, 6) is -0.0645. The van der Waals surface area contributed by atoms with Crippen LogP contribution >= 0.6 is 0 Å². The molecule has 0 radical (unpaired) electrons. The van der Waals surface area contributed by atoms with Crippen molar-refractivity contribution >= 4 is 11.9 Å². The standard InChI is InChI=1S/C29H39NO9/c1-27(2,33)8-5-10-29(34,16-23(31)36-4)26(32)39-25-22(35-3)15-28-9-6-11-30(28)12-7-18-13-20-21(38-17-37-20)14-19(18)24(25)28/h13-15,24-25,33-34H,5-12,16-17H2,1-4H3/t24-,25+,28-,29?/m0/s1. The number of carbonyl (C=O) groups excluding carboxylic acids is 2. The van der Waals surface area contributed by atoms with Crippen molar-refractivity contribution in [2.75, 3.05) is 34.1 Å². The van der Waals surface area contributed by atoms with E-state index in [-0.39, 0.29) is 19.1 Å². The first kappa shape index (κ1) is 27.7. The average molecular weight is 546 g/mol. The molecule has 10 nitrogen and oxygen atoms in total. The van der Waals surface area contributed by atoms with Crippen molar-refractivity contribution in [1.82, 2.24) is 4.90 Å². The van der Waals surface area contributed by atoms with Crippen LogP contribution in [0.3, 0.4) is 0 Å². The highest BCUT2D eigenvalue weighted by Crippen LogP contribution is 2.55. The molecule has 0 saturated carbocycles. The molecule has 4 aliphatic rings. The fourth-order valence-corrected chi connectivity index (χ4v) is 6.71. The molecule has 1 spiro atoms. The van der Waals surface area contributed by atoms with Crippen molar-refractivity contribution in [2.45, 2.75) is 87.6 Å². The smallest absolute Gasteiger partial charge is 0.339 e. The molecule has 10 heteroatoms. The SMILES string of the molecule is COC(=O)CC(O)(CCCC(C)(C)O)C(=O)O[C@@H]1C(OC)=C[C@]23CCCN2CCc2cc4c(cc2[C@@H]13)OCO4. The Balaban J connectivity index is 1.50. The Bertz CT molecular complexity index is 1160. The molecule has 1 saturated heterocycles. The first-order chi connectivity index (χ1) is 18.5. The van der Waals surface area contributed by atoms with Crippen LogP contribution in [0, 0.1) is 0 Å². The molecular formula is C29H39NO9. The molecule has 4 atom stereocenters. The van der Waals surface area contributed by atoms with Crippen LogP contribution in [0.2, 0.25) is 0 Å². The number of ether oxygens (including phenoxy) is 5. The summed E-state index contributed by atoms with van der Waals surface area (Å²) in [4.78, 5) is 28.4. The maximum absolute atomic E-state index is 13.8. The van der Waals surface area contributed by atoms with E-state index in [1.807, 2.05) is 12.1 Å². The van der Waals surface area contributed by atoms with E-state index < -0.39 is 41.2 Å². The summed E-state index contributed by atoms with van der Waals surface area (Å²) >= 11 is 0. The Labute approximate surface area is 228 Å². The monoisotopic (exact) mass is 545 g/mol. The number of methoxy groups -OCH3 is 2. The van der Waals surface area contributed by atoms with Crippen LogP contribution in [-0.4, -0.2) is 84.0 Å². The Kier molecular flexibility index (Phi) is 7.32. The zero-order valence-corrected chi connectivity index (χ0v) is 23.2. The largest absolute Gasteiger partial charge is 0.497 e. The maximum atomic E-state index is 13.8. The van der Waals surface area contributed by atoms with Gasteiger partial charge in [-0.05, 0) is 88.3 Å². The number of aliphatic hydroxyl groups is 2. The number of carbonyl (C=O) groups is 2. The highest BCUT2D eigenvalue weighted by Gasteiger charge is 2.59. The van der Waals surface area contributed by atoms with Crippen LogP contribution in [0.25, 0.3) is 0 Å². The predicted octanol–water partition coefficient (Wildman–Crippen LogP) is 2.58. The third-order valence-corrected chi connectivity index (χ3v) is 8.62. The second kappa shape index (κ2) is 10.3. The number of nitrogens with zero attached hydrogens (tertiary/aromatic N) is 1. The molecule has 39 heavy (non-hydrogen) atoms. The summed E-state index contributed by atoms with van der Waals surface area (Å²) in [6, 6.07) is 4.00. The van der Waals surface area contributed by atoms with Crippen molar-refractivity contribution in [3.05, 3.63) is 35.1 Å². The van der Waals surface area contributed by atoms with Gasteiger partial charge in [-0.3, -0.25) is 9.69 Å². The molecule has 1 unspecified atom stereocenters. The van der Waals surface area contributed by atoms with Crippen LogP contribution in [0.5, 0.6) is 11.5 Å². The van der Waals surface area contributed by atoms with Crippen LogP contribution in [-0.2, 0) is 30.2 Å². The van der Waals surface area contributed by atoms with Crippen molar-refractivity contribution in [2.24, 2.45) is 0 Å². The fraction of sp³-hybridized carbons (Fsp3) is 0.655. The van der Waals surface area contributed by atoms with E-state index in [0.717, 1.165) is 43.5 Å². The first-order valence-electron chi connectivity index (χ1n) is 13.7. The topological polar surface area (TPSA) is 124 Å². The van der Waals surface area contributed by atoms with Crippen LogP contribution in [0.15, 0.2) is 24.0 Å². The summed E-state index contributed by atoms with van der Waals surface area (Å²) in [6.45, 7) is 5.21. The van der Waals surface area contributed by atoms with Crippen LogP contribution < -0.4 is 9.47 Å². The number of hydrogen-bond acceptors (Lipinski definition) is 10. The van der Waals surface area contributed by atoms with Gasteiger partial charge in [-0.1, -0.05) is 0 Å². The number of benzene rings is 1. The highest BCUT2D eigenvalue weighted by molar-refractivity contribution is 5.86. The molecular weight excluding hydrogens is 506 g/mol. The van der Waals surface area contributed by atoms with Gasteiger partial charge in [0.05, 0.1) is 37.7 Å². The predicted molar refractivity (Wildman–Crippen MR) is 139 cm³/mol. The van der Waals surface area contributed by atoms with E-state index >= 15 is 0 Å². The lowest BCUT2D eigenvalue weighted by Crippen LogP contribution is -2.49. The van der Waals surface area contributed by atoms with Gasteiger partial charge >= 0.3 is 11.9 Å². The van der Waals surface area contributed by atoms with Crippen molar-refractivity contribution in [3.63, 3.8) is 0 Å². The van der Waals surface area contributed by atoms with Gasteiger partial charge in [0.1, 0.15) is 5.76 Å². The van der Waals surface area contributed by atoms with E-state index in [0.29, 0.717) is 30.1 Å². The van der Waals surface area contributed by atoms with Gasteiger partial charge in [-0.25, -0.2) is 4.79 Å². The molecule has 1 aromatic rings. The molecule has 0 amide bonds. The lowest BCUT2D eigenvalue weighted by molar-refractivity contribution is -0.178. The van der Waals surface area contributed by atoms with Crippen molar-refractivity contribution in [1.29, 1.82) is 0 Å². The number of hydrogen-bond donors (Lipinski definition) is 2. The molecule has 5 rings (SSSR count). The van der Waals surface area contributed by atoms with Gasteiger partial charge < -0.3 is 33.9 Å². The van der Waals surface area contributed by atoms with E-state index in [2.05, 4.69) is 11.0 Å². The second-order valence-electron chi connectivity index (χ2n) is 11.7. The third-order valence-electron chi connectivity index (χ3n) is 8.62. The van der Waals surface area contributed by atoms with Gasteiger partial charge in [0.2, 0.25) is 6.79 Å². The molecule has 1 aromatic carbocycles. The normalized spacial score (nSPS) is 27.0. The minimum Gasteiger partial charge on any atom is -0.497 e. The summed E-state index contributed by atoms with van der Waals surface area (Å²) in [6.07, 6.45) is 3.94.